The minimum Gasteiger partial charge on any atom is -0.369 e. The lowest BCUT2D eigenvalue weighted by Crippen LogP contribution is -2.42. The molecular weight excluding hydrogens is 338 g/mol. The number of nitriles is 1. The van der Waals surface area contributed by atoms with Crippen molar-refractivity contribution in [3.63, 3.8) is 0 Å². The van der Waals surface area contributed by atoms with Crippen molar-refractivity contribution in [3.8, 4) is 6.07 Å². The van der Waals surface area contributed by atoms with Crippen molar-refractivity contribution in [1.82, 2.24) is 14.8 Å². The van der Waals surface area contributed by atoms with Crippen LogP contribution in [-0.2, 0) is 4.79 Å². The van der Waals surface area contributed by atoms with Crippen LogP contribution in [0.25, 0.3) is 10.9 Å². The van der Waals surface area contributed by atoms with Crippen molar-refractivity contribution in [2.75, 3.05) is 38.1 Å². The normalized spacial score (nSPS) is 22.9. The van der Waals surface area contributed by atoms with Gasteiger partial charge in [0, 0.05) is 38.1 Å². The molecule has 1 amide bonds. The number of carbonyl (C=O) groups is 1. The Hall–Kier alpha value is -2.65. The molecule has 0 bridgehead atoms. The van der Waals surface area contributed by atoms with Gasteiger partial charge in [0.25, 0.3) is 0 Å². The fourth-order valence-corrected chi connectivity index (χ4v) is 4.22. The van der Waals surface area contributed by atoms with E-state index >= 15 is 0 Å². The maximum atomic E-state index is 12.6. The van der Waals surface area contributed by atoms with Crippen LogP contribution in [-0.4, -0.2) is 66.0 Å². The Morgan fingerprint density at radius 3 is 3.04 bits per heavy atom. The van der Waals surface area contributed by atoms with Gasteiger partial charge in [0.15, 0.2) is 0 Å². The second kappa shape index (κ2) is 7.53. The highest BCUT2D eigenvalue weighted by atomic mass is 16.2. The van der Waals surface area contributed by atoms with Crippen LogP contribution in [0.15, 0.2) is 36.5 Å². The van der Waals surface area contributed by atoms with E-state index in [0.717, 1.165) is 55.5 Å². The third-order valence-corrected chi connectivity index (χ3v) is 5.86. The van der Waals surface area contributed by atoms with Crippen LogP contribution in [0.1, 0.15) is 19.3 Å². The number of amides is 1. The van der Waals surface area contributed by atoms with E-state index < -0.39 is 0 Å². The minimum absolute atomic E-state index is 0.0923. The Morgan fingerprint density at radius 1 is 1.33 bits per heavy atom. The molecule has 2 aromatic rings. The summed E-state index contributed by atoms with van der Waals surface area (Å²) in [5, 5.41) is 10.3. The molecule has 27 heavy (non-hydrogen) atoms. The van der Waals surface area contributed by atoms with E-state index in [1.54, 1.807) is 4.90 Å². The molecule has 0 radical (unpaired) electrons. The molecule has 140 valence electrons. The molecule has 2 aliphatic rings. The third kappa shape index (κ3) is 3.60. The first-order valence-corrected chi connectivity index (χ1v) is 9.65. The summed E-state index contributed by atoms with van der Waals surface area (Å²) in [6.45, 7) is 2.91. The number of pyridine rings is 1. The first-order chi connectivity index (χ1) is 13.2. The molecule has 6 heteroatoms. The molecule has 2 atom stereocenters. The molecule has 2 saturated heterocycles. The third-order valence-electron chi connectivity index (χ3n) is 5.86. The average Bonchev–Trinajstić information content (AvgIpc) is 3.36. The predicted octanol–water partition coefficient (Wildman–Crippen LogP) is 2.26. The summed E-state index contributed by atoms with van der Waals surface area (Å²) in [6, 6.07) is 12.7. The topological polar surface area (TPSA) is 63.5 Å². The molecule has 6 nitrogen and oxygen atoms in total. The number of fused-ring (bicyclic) bond motifs is 1. The molecule has 0 saturated carbocycles. The van der Waals surface area contributed by atoms with Gasteiger partial charge in [-0.05, 0) is 31.4 Å². The number of hydrogen-bond donors (Lipinski definition) is 0. The van der Waals surface area contributed by atoms with Crippen molar-refractivity contribution in [2.24, 2.45) is 0 Å². The molecule has 1 unspecified atom stereocenters. The molecule has 0 N–H and O–H groups in total. The van der Waals surface area contributed by atoms with Gasteiger partial charge in [-0.3, -0.25) is 14.7 Å². The molecule has 3 heterocycles. The highest BCUT2D eigenvalue weighted by Crippen LogP contribution is 2.24. The van der Waals surface area contributed by atoms with Gasteiger partial charge in [-0.1, -0.05) is 18.2 Å². The van der Waals surface area contributed by atoms with Crippen LogP contribution in [0.2, 0.25) is 0 Å². The molecule has 0 aliphatic carbocycles. The molecule has 0 spiro atoms. The van der Waals surface area contributed by atoms with Gasteiger partial charge >= 0.3 is 0 Å². The summed E-state index contributed by atoms with van der Waals surface area (Å²) in [7, 11) is 2.11. The number of aromatic nitrogens is 1. The van der Waals surface area contributed by atoms with Gasteiger partial charge in [-0.25, -0.2) is 0 Å². The van der Waals surface area contributed by atoms with E-state index in [2.05, 4.69) is 40.0 Å². The lowest BCUT2D eigenvalue weighted by atomic mass is 10.1. The van der Waals surface area contributed by atoms with Crippen LogP contribution in [0, 0.1) is 11.3 Å². The van der Waals surface area contributed by atoms with Gasteiger partial charge in [0.1, 0.15) is 6.04 Å². The van der Waals surface area contributed by atoms with Crippen molar-refractivity contribution in [1.29, 1.82) is 5.26 Å². The minimum atomic E-state index is -0.234. The number of rotatable bonds is 4. The van der Waals surface area contributed by atoms with Crippen molar-refractivity contribution < 1.29 is 4.79 Å². The van der Waals surface area contributed by atoms with Gasteiger partial charge in [0.2, 0.25) is 5.91 Å². The number of benzene rings is 1. The number of hydrogen-bond acceptors (Lipinski definition) is 5. The summed E-state index contributed by atoms with van der Waals surface area (Å²) < 4.78 is 0. The Balaban J connectivity index is 1.38. The van der Waals surface area contributed by atoms with Crippen LogP contribution in [0.5, 0.6) is 0 Å². The molecular formula is C21H25N5O. The van der Waals surface area contributed by atoms with Crippen molar-refractivity contribution >= 4 is 22.5 Å². The lowest BCUT2D eigenvalue weighted by Gasteiger charge is -2.27. The zero-order chi connectivity index (χ0) is 18.8. The smallest absolute Gasteiger partial charge is 0.237 e. The molecule has 4 rings (SSSR count). The van der Waals surface area contributed by atoms with Gasteiger partial charge in [-0.2, -0.15) is 5.26 Å². The summed E-state index contributed by atoms with van der Waals surface area (Å²) in [5.74, 6) is 0.0923. The molecule has 2 fully saturated rings. The monoisotopic (exact) mass is 363 g/mol. The zero-order valence-corrected chi connectivity index (χ0v) is 15.7. The average molecular weight is 363 g/mol. The van der Waals surface area contributed by atoms with Gasteiger partial charge < -0.3 is 9.80 Å². The predicted molar refractivity (Wildman–Crippen MR) is 105 cm³/mol. The van der Waals surface area contributed by atoms with Crippen LogP contribution < -0.4 is 4.90 Å². The maximum absolute atomic E-state index is 12.6. The van der Waals surface area contributed by atoms with Crippen LogP contribution in [0.4, 0.5) is 5.69 Å². The van der Waals surface area contributed by atoms with E-state index in [4.69, 9.17) is 0 Å². The van der Waals surface area contributed by atoms with E-state index in [9.17, 15) is 10.1 Å². The SMILES string of the molecule is CN(c1cnc2ccccc2c1)[C@H]1CCN(CC(=O)N2CCCC2C#N)C1. The van der Waals surface area contributed by atoms with E-state index in [0.29, 0.717) is 12.6 Å². The Morgan fingerprint density at radius 2 is 2.19 bits per heavy atom. The maximum Gasteiger partial charge on any atom is 0.237 e. The standard InChI is InChI=1S/C21H25N5O/c1-24(19-11-16-5-2-3-7-20(16)23-13-19)18-8-10-25(14-18)15-21(27)26-9-4-6-17(26)12-22/h2-3,5,7,11,13,17-18H,4,6,8-10,14-15H2,1H3/t17?,18-/m0/s1. The van der Waals surface area contributed by atoms with Crippen LogP contribution >= 0.6 is 0 Å². The Bertz CT molecular complexity index is 876. The molecule has 1 aromatic carbocycles. The quantitative estimate of drug-likeness (QED) is 0.834. The number of anilines is 1. The number of likely N-dealkylation sites (tertiary alicyclic amines) is 2. The second-order valence-corrected chi connectivity index (χ2v) is 7.55. The fraction of sp³-hybridized carbons (Fsp3) is 0.476. The Kier molecular flexibility index (Phi) is 4.95. The summed E-state index contributed by atoms with van der Waals surface area (Å²) in [6.07, 6.45) is 4.70. The van der Waals surface area contributed by atoms with Gasteiger partial charge in [-0.15, -0.1) is 0 Å². The summed E-state index contributed by atoms with van der Waals surface area (Å²) >= 11 is 0. The summed E-state index contributed by atoms with van der Waals surface area (Å²) in [4.78, 5) is 23.4. The first-order valence-electron chi connectivity index (χ1n) is 9.65. The number of para-hydroxylation sites is 1. The van der Waals surface area contributed by atoms with Crippen molar-refractivity contribution in [3.05, 3.63) is 36.5 Å². The Labute approximate surface area is 160 Å². The van der Waals surface area contributed by atoms with Crippen molar-refractivity contribution in [2.45, 2.75) is 31.3 Å². The number of carbonyl (C=O) groups excluding carboxylic acids is 1. The first kappa shape index (κ1) is 17.7. The fourth-order valence-electron chi connectivity index (χ4n) is 4.22. The largest absolute Gasteiger partial charge is 0.369 e. The highest BCUT2D eigenvalue weighted by Gasteiger charge is 2.32. The molecule has 1 aromatic heterocycles. The van der Waals surface area contributed by atoms with E-state index in [1.165, 1.54) is 0 Å². The zero-order valence-electron chi connectivity index (χ0n) is 15.7. The summed E-state index contributed by atoms with van der Waals surface area (Å²) in [5.41, 5.74) is 2.11. The number of nitrogens with zero attached hydrogens (tertiary/aromatic N) is 5. The lowest BCUT2D eigenvalue weighted by molar-refractivity contribution is -0.132. The van der Waals surface area contributed by atoms with Crippen LogP contribution in [0.3, 0.4) is 0 Å². The van der Waals surface area contributed by atoms with Gasteiger partial charge in [0.05, 0.1) is 30.0 Å². The highest BCUT2D eigenvalue weighted by molar-refractivity contribution is 5.81. The van der Waals surface area contributed by atoms with E-state index in [1.807, 2.05) is 24.4 Å². The second-order valence-electron chi connectivity index (χ2n) is 7.55. The molecule has 2 aliphatic heterocycles. The number of likely N-dealkylation sites (N-methyl/N-ethyl adjacent to an activating group) is 1. The van der Waals surface area contributed by atoms with E-state index in [-0.39, 0.29) is 11.9 Å².